The third kappa shape index (κ3) is 2.82. The first-order valence-corrected chi connectivity index (χ1v) is 8.51. The summed E-state index contributed by atoms with van der Waals surface area (Å²) in [7, 11) is 0. The number of fused-ring (bicyclic) bond motifs is 1. The number of rotatable bonds is 3. The van der Waals surface area contributed by atoms with E-state index in [0.717, 1.165) is 30.6 Å². The van der Waals surface area contributed by atoms with Crippen LogP contribution in [0.2, 0.25) is 0 Å². The highest BCUT2D eigenvalue weighted by molar-refractivity contribution is 5.99. The molecule has 126 valence electrons. The van der Waals surface area contributed by atoms with Gasteiger partial charge < -0.3 is 5.32 Å². The van der Waals surface area contributed by atoms with Crippen LogP contribution in [-0.4, -0.2) is 20.4 Å². The zero-order valence-corrected chi connectivity index (χ0v) is 14.1. The fourth-order valence-corrected chi connectivity index (χ4v) is 3.56. The molecule has 0 bridgehead atoms. The van der Waals surface area contributed by atoms with Gasteiger partial charge in [-0.05, 0) is 49.4 Å². The van der Waals surface area contributed by atoms with Crippen LogP contribution in [0.25, 0.3) is 5.82 Å². The summed E-state index contributed by atoms with van der Waals surface area (Å²) in [6.07, 6.45) is 9.85. The minimum Gasteiger partial charge on any atom is -0.324 e. The number of aryl methyl sites for hydroxylation is 1. The summed E-state index contributed by atoms with van der Waals surface area (Å²) in [5, 5.41) is 3.04. The van der Waals surface area contributed by atoms with E-state index in [1.807, 2.05) is 42.0 Å². The first-order chi connectivity index (χ1) is 12.2. The van der Waals surface area contributed by atoms with Crippen LogP contribution in [-0.2, 0) is 16.6 Å². The topological polar surface area (TPSA) is 59.8 Å². The number of imidazole rings is 1. The number of carbonyl (C=O) groups is 1. The number of amides is 1. The number of hydrogen-bond donors (Lipinski definition) is 1. The Hall–Kier alpha value is -2.95. The molecule has 0 fully saturated rings. The lowest BCUT2D eigenvalue weighted by molar-refractivity contribution is -0.121. The summed E-state index contributed by atoms with van der Waals surface area (Å²) >= 11 is 0. The van der Waals surface area contributed by atoms with Crippen LogP contribution in [0.1, 0.15) is 30.9 Å². The van der Waals surface area contributed by atoms with E-state index in [0.29, 0.717) is 5.69 Å². The van der Waals surface area contributed by atoms with Crippen molar-refractivity contribution >= 4 is 11.6 Å². The molecule has 5 nitrogen and oxygen atoms in total. The Balaban J connectivity index is 1.56. The van der Waals surface area contributed by atoms with Crippen LogP contribution in [0.15, 0.2) is 61.3 Å². The van der Waals surface area contributed by atoms with Crippen LogP contribution >= 0.6 is 0 Å². The van der Waals surface area contributed by atoms with Gasteiger partial charge in [0.25, 0.3) is 0 Å². The molecule has 1 atom stereocenters. The molecule has 4 rings (SSSR count). The summed E-state index contributed by atoms with van der Waals surface area (Å²) in [6, 6.07) is 12.0. The van der Waals surface area contributed by atoms with Gasteiger partial charge in [-0.2, -0.15) is 0 Å². The summed E-state index contributed by atoms with van der Waals surface area (Å²) in [6.45, 7) is 2.04. The predicted octanol–water partition coefficient (Wildman–Crippen LogP) is 3.50. The second-order valence-corrected chi connectivity index (χ2v) is 6.67. The predicted molar refractivity (Wildman–Crippen MR) is 96.7 cm³/mol. The van der Waals surface area contributed by atoms with Crippen molar-refractivity contribution in [3.63, 3.8) is 0 Å². The Morgan fingerprint density at radius 1 is 1.24 bits per heavy atom. The first-order valence-electron chi connectivity index (χ1n) is 8.51. The SMILES string of the molecule is C[C@@]1(C(=O)Nc2ccc(-n3ccnc3)nc2)CCCc2ccccc21. The molecule has 25 heavy (non-hydrogen) atoms. The van der Waals surface area contributed by atoms with Gasteiger partial charge in [-0.1, -0.05) is 24.3 Å². The van der Waals surface area contributed by atoms with E-state index < -0.39 is 5.41 Å². The average molecular weight is 332 g/mol. The van der Waals surface area contributed by atoms with Gasteiger partial charge in [0.05, 0.1) is 17.3 Å². The zero-order valence-electron chi connectivity index (χ0n) is 14.1. The van der Waals surface area contributed by atoms with Gasteiger partial charge in [-0.3, -0.25) is 9.36 Å². The number of hydrogen-bond acceptors (Lipinski definition) is 3. The normalized spacial score (nSPS) is 19.2. The fraction of sp³-hybridized carbons (Fsp3) is 0.250. The molecular weight excluding hydrogens is 312 g/mol. The molecule has 0 spiro atoms. The lowest BCUT2D eigenvalue weighted by Crippen LogP contribution is -2.40. The quantitative estimate of drug-likeness (QED) is 0.798. The highest BCUT2D eigenvalue weighted by Crippen LogP contribution is 2.38. The molecule has 2 aromatic heterocycles. The molecular formula is C20H20N4O. The number of aromatic nitrogens is 3. The number of benzene rings is 1. The fourth-order valence-electron chi connectivity index (χ4n) is 3.56. The van der Waals surface area contributed by atoms with E-state index in [4.69, 9.17) is 0 Å². The number of nitrogens with zero attached hydrogens (tertiary/aromatic N) is 3. The molecule has 1 aliphatic rings. The van der Waals surface area contributed by atoms with Gasteiger partial charge in [0.15, 0.2) is 0 Å². The van der Waals surface area contributed by atoms with Gasteiger partial charge in [0, 0.05) is 12.4 Å². The lowest BCUT2D eigenvalue weighted by atomic mass is 9.70. The monoisotopic (exact) mass is 332 g/mol. The van der Waals surface area contributed by atoms with Crippen LogP contribution in [0.5, 0.6) is 0 Å². The van der Waals surface area contributed by atoms with E-state index >= 15 is 0 Å². The molecule has 3 aromatic rings. The Morgan fingerprint density at radius 3 is 2.88 bits per heavy atom. The maximum atomic E-state index is 13.0. The molecule has 0 radical (unpaired) electrons. The number of carbonyl (C=O) groups excluding carboxylic acids is 1. The Morgan fingerprint density at radius 2 is 2.12 bits per heavy atom. The van der Waals surface area contributed by atoms with Crippen LogP contribution in [0.3, 0.4) is 0 Å². The van der Waals surface area contributed by atoms with E-state index in [1.165, 1.54) is 5.56 Å². The van der Waals surface area contributed by atoms with Gasteiger partial charge in [-0.25, -0.2) is 9.97 Å². The minimum absolute atomic E-state index is 0.0248. The van der Waals surface area contributed by atoms with E-state index in [-0.39, 0.29) is 5.91 Å². The molecule has 5 heteroatoms. The van der Waals surface area contributed by atoms with Crippen molar-refractivity contribution < 1.29 is 4.79 Å². The zero-order chi connectivity index (χ0) is 17.3. The van der Waals surface area contributed by atoms with Gasteiger partial charge in [-0.15, -0.1) is 0 Å². The average Bonchev–Trinajstić information content (AvgIpc) is 3.17. The van der Waals surface area contributed by atoms with Crippen molar-refractivity contribution in [1.82, 2.24) is 14.5 Å². The smallest absolute Gasteiger partial charge is 0.234 e. The maximum Gasteiger partial charge on any atom is 0.234 e. The van der Waals surface area contributed by atoms with Crippen molar-refractivity contribution in [3.8, 4) is 5.82 Å². The highest BCUT2D eigenvalue weighted by atomic mass is 16.2. The molecule has 1 N–H and O–H groups in total. The van der Waals surface area contributed by atoms with Crippen LogP contribution < -0.4 is 5.32 Å². The van der Waals surface area contributed by atoms with Crippen molar-refractivity contribution in [2.75, 3.05) is 5.32 Å². The van der Waals surface area contributed by atoms with Gasteiger partial charge in [0.1, 0.15) is 12.1 Å². The summed E-state index contributed by atoms with van der Waals surface area (Å²) in [5.41, 5.74) is 2.62. The van der Waals surface area contributed by atoms with Gasteiger partial charge >= 0.3 is 0 Å². The Bertz CT molecular complexity index is 886. The molecule has 1 aliphatic carbocycles. The summed E-state index contributed by atoms with van der Waals surface area (Å²) in [5.74, 6) is 0.793. The molecule has 1 aromatic carbocycles. The maximum absolute atomic E-state index is 13.0. The summed E-state index contributed by atoms with van der Waals surface area (Å²) < 4.78 is 1.82. The number of nitrogens with one attached hydrogen (secondary N) is 1. The van der Waals surface area contributed by atoms with Crippen molar-refractivity contribution in [1.29, 1.82) is 0 Å². The molecule has 0 unspecified atom stereocenters. The van der Waals surface area contributed by atoms with Crippen LogP contribution in [0.4, 0.5) is 5.69 Å². The number of anilines is 1. The van der Waals surface area contributed by atoms with Crippen molar-refractivity contribution in [2.24, 2.45) is 0 Å². The Labute approximate surface area is 146 Å². The van der Waals surface area contributed by atoms with Crippen LogP contribution in [0, 0.1) is 0 Å². The molecule has 0 aliphatic heterocycles. The first kappa shape index (κ1) is 15.6. The molecule has 0 saturated carbocycles. The van der Waals surface area contributed by atoms with Gasteiger partial charge in [0.2, 0.25) is 5.91 Å². The minimum atomic E-state index is -0.502. The highest BCUT2D eigenvalue weighted by Gasteiger charge is 2.38. The second-order valence-electron chi connectivity index (χ2n) is 6.67. The third-order valence-corrected chi connectivity index (χ3v) is 5.01. The number of pyridine rings is 1. The Kier molecular flexibility index (Phi) is 3.84. The second kappa shape index (κ2) is 6.16. The van der Waals surface area contributed by atoms with Crippen molar-refractivity contribution in [3.05, 3.63) is 72.4 Å². The van der Waals surface area contributed by atoms with E-state index in [9.17, 15) is 4.79 Å². The molecule has 1 amide bonds. The largest absolute Gasteiger partial charge is 0.324 e. The van der Waals surface area contributed by atoms with Crippen molar-refractivity contribution in [2.45, 2.75) is 31.6 Å². The lowest BCUT2D eigenvalue weighted by Gasteiger charge is -2.34. The molecule has 2 heterocycles. The third-order valence-electron chi connectivity index (χ3n) is 5.01. The van der Waals surface area contributed by atoms with E-state index in [2.05, 4.69) is 27.4 Å². The van der Waals surface area contributed by atoms with E-state index in [1.54, 1.807) is 18.7 Å². The summed E-state index contributed by atoms with van der Waals surface area (Å²) in [4.78, 5) is 21.4. The standard InChI is InChI=1S/C20H20N4O/c1-20(10-4-6-15-5-2-3-7-17(15)20)19(25)23-16-8-9-18(22-13-16)24-12-11-21-14-24/h2-3,5,7-9,11-14H,4,6,10H2,1H3,(H,23,25)/t20-/m1/s1. The molecule has 0 saturated heterocycles.